The van der Waals surface area contributed by atoms with E-state index in [1.165, 1.54) is 18.3 Å². The molecule has 2 N–H and O–H groups in total. The van der Waals surface area contributed by atoms with Gasteiger partial charge in [0.15, 0.2) is 0 Å². The molecule has 212 valence electrons. The highest BCUT2D eigenvalue weighted by atomic mass is 32.2. The number of halogens is 3. The predicted molar refractivity (Wildman–Crippen MR) is 145 cm³/mol. The molecule has 2 aromatic heterocycles. The van der Waals surface area contributed by atoms with Gasteiger partial charge in [-0.25, -0.2) is 13.2 Å². The van der Waals surface area contributed by atoms with Crippen LogP contribution in [0.1, 0.15) is 42.2 Å². The van der Waals surface area contributed by atoms with E-state index in [9.17, 15) is 23.7 Å². The molecule has 3 atom stereocenters. The number of hydrogen-bond acceptors (Lipinski definition) is 12. The number of rotatable bonds is 8. The molecule has 0 saturated carbocycles. The Morgan fingerprint density at radius 3 is 2.80 bits per heavy atom. The summed E-state index contributed by atoms with van der Waals surface area (Å²) in [7, 11) is 0. The van der Waals surface area contributed by atoms with Crippen LogP contribution in [0.5, 0.6) is 6.01 Å². The fourth-order valence-corrected chi connectivity index (χ4v) is 9.19. The van der Waals surface area contributed by atoms with Gasteiger partial charge in [-0.15, -0.1) is 23.1 Å². The third-order valence-electron chi connectivity index (χ3n) is 8.30. The Labute approximate surface area is 237 Å². The molecule has 1 spiro atoms. The van der Waals surface area contributed by atoms with Crippen molar-refractivity contribution in [2.75, 3.05) is 54.9 Å². The van der Waals surface area contributed by atoms with Gasteiger partial charge < -0.3 is 20.3 Å². The SMILES string of the molecule is CC(C#N)N(CC(F)F)c1nc(OC[C@@]23CCCN2C[C@H](F)C3)nc(N2CC3(C2)SCc2sc(N)c(C#N)c23)n1. The lowest BCUT2D eigenvalue weighted by Gasteiger charge is -2.47. The van der Waals surface area contributed by atoms with Crippen molar-refractivity contribution in [1.29, 1.82) is 10.5 Å². The highest BCUT2D eigenvalue weighted by Crippen LogP contribution is 2.57. The zero-order valence-electron chi connectivity index (χ0n) is 21.8. The van der Waals surface area contributed by atoms with Gasteiger partial charge in [0.1, 0.15) is 29.9 Å². The predicted octanol–water partition coefficient (Wildman–Crippen LogP) is 3.29. The van der Waals surface area contributed by atoms with E-state index >= 15 is 0 Å². The summed E-state index contributed by atoms with van der Waals surface area (Å²) in [5.41, 5.74) is 7.13. The number of ether oxygens (including phenoxy) is 1. The summed E-state index contributed by atoms with van der Waals surface area (Å²) in [6.45, 7) is 3.08. The number of anilines is 3. The third-order valence-corrected chi connectivity index (χ3v) is 10.9. The lowest BCUT2D eigenvalue weighted by Crippen LogP contribution is -2.57. The minimum Gasteiger partial charge on any atom is -0.461 e. The molecule has 3 saturated heterocycles. The first kappa shape index (κ1) is 27.2. The van der Waals surface area contributed by atoms with Gasteiger partial charge in [0.25, 0.3) is 6.43 Å². The Bertz CT molecular complexity index is 1390. The molecule has 0 amide bonds. The number of fused-ring (bicyclic) bond motifs is 3. The standard InChI is InChI=1S/C25H28F3N9OS2/c1-14(6-29)37(9-18(27)28)22-32-21(33-23(34-22)38-13-24-3-2-4-36(24)8-15(26)5-24)35-11-25(12-35)19-16(7-30)20(31)40-17(19)10-39-25/h14-15,18H,2-5,8-13,31H2,1H3/t14?,15-,24+/m1/s1. The highest BCUT2D eigenvalue weighted by Gasteiger charge is 2.53. The zero-order chi connectivity index (χ0) is 28.2. The van der Waals surface area contributed by atoms with Crippen molar-refractivity contribution in [2.24, 2.45) is 0 Å². The summed E-state index contributed by atoms with van der Waals surface area (Å²) in [5.74, 6) is 0.913. The number of thioether (sulfide) groups is 1. The van der Waals surface area contributed by atoms with Crippen molar-refractivity contribution < 1.29 is 17.9 Å². The monoisotopic (exact) mass is 591 g/mol. The summed E-state index contributed by atoms with van der Waals surface area (Å²) in [5, 5.41) is 19.7. The number of alkyl halides is 3. The molecule has 2 aromatic rings. The number of nitrogens with two attached hydrogens (primary N) is 1. The first-order valence-electron chi connectivity index (χ1n) is 13.1. The average molecular weight is 592 g/mol. The topological polar surface area (TPSA) is 131 Å². The maximum atomic E-state index is 14.3. The molecule has 6 heterocycles. The Kier molecular flexibility index (Phi) is 6.87. The Balaban J connectivity index is 1.30. The molecule has 0 aliphatic carbocycles. The molecule has 10 nitrogen and oxygen atoms in total. The summed E-state index contributed by atoms with van der Waals surface area (Å²) >= 11 is 3.18. The third kappa shape index (κ3) is 4.48. The Morgan fingerprint density at radius 2 is 2.08 bits per heavy atom. The molecule has 3 fully saturated rings. The van der Waals surface area contributed by atoms with Crippen molar-refractivity contribution in [3.63, 3.8) is 0 Å². The second kappa shape index (κ2) is 10.1. The molecule has 0 radical (unpaired) electrons. The normalized spacial score (nSPS) is 25.4. The molecule has 1 unspecified atom stereocenters. The van der Waals surface area contributed by atoms with Crippen molar-refractivity contribution in [2.45, 2.75) is 60.9 Å². The van der Waals surface area contributed by atoms with Gasteiger partial charge in [-0.05, 0) is 26.3 Å². The van der Waals surface area contributed by atoms with Gasteiger partial charge in [0.05, 0.1) is 28.5 Å². The van der Waals surface area contributed by atoms with E-state index in [4.69, 9.17) is 10.5 Å². The minimum atomic E-state index is -2.72. The van der Waals surface area contributed by atoms with Crippen molar-refractivity contribution in [3.05, 3.63) is 16.0 Å². The molecule has 15 heteroatoms. The molecule has 6 rings (SSSR count). The minimum absolute atomic E-state index is 0.0499. The van der Waals surface area contributed by atoms with Crippen LogP contribution in [0.4, 0.5) is 30.1 Å². The molecular weight excluding hydrogens is 563 g/mol. The van der Waals surface area contributed by atoms with E-state index in [0.29, 0.717) is 36.6 Å². The number of hydrogen-bond donors (Lipinski definition) is 1. The van der Waals surface area contributed by atoms with E-state index in [2.05, 4.69) is 25.9 Å². The van der Waals surface area contributed by atoms with Crippen LogP contribution < -0.4 is 20.3 Å². The van der Waals surface area contributed by atoms with Gasteiger partial charge in [0.2, 0.25) is 11.9 Å². The van der Waals surface area contributed by atoms with E-state index in [-0.39, 0.29) is 29.3 Å². The number of nitrogen functional groups attached to an aromatic ring is 1. The summed E-state index contributed by atoms with van der Waals surface area (Å²) in [6.07, 6.45) is -1.55. The molecule has 0 bridgehead atoms. The van der Waals surface area contributed by atoms with Crippen LogP contribution in [0.3, 0.4) is 0 Å². The lowest BCUT2D eigenvalue weighted by molar-refractivity contribution is 0.107. The zero-order valence-corrected chi connectivity index (χ0v) is 23.4. The maximum absolute atomic E-state index is 14.3. The van der Waals surface area contributed by atoms with Gasteiger partial charge in [0, 0.05) is 42.2 Å². The Morgan fingerprint density at radius 1 is 1.27 bits per heavy atom. The summed E-state index contributed by atoms with van der Waals surface area (Å²) in [4.78, 5) is 19.6. The highest BCUT2D eigenvalue weighted by molar-refractivity contribution is 8.00. The molecular formula is C25H28F3N9OS2. The van der Waals surface area contributed by atoms with Crippen LogP contribution in [0, 0.1) is 22.7 Å². The van der Waals surface area contributed by atoms with Crippen LogP contribution in [-0.2, 0) is 10.5 Å². The van der Waals surface area contributed by atoms with Crippen LogP contribution in [0.25, 0.3) is 0 Å². The van der Waals surface area contributed by atoms with Crippen LogP contribution in [-0.4, -0.2) is 83.4 Å². The smallest absolute Gasteiger partial charge is 0.323 e. The van der Waals surface area contributed by atoms with E-state index < -0.39 is 30.7 Å². The van der Waals surface area contributed by atoms with Crippen molar-refractivity contribution >= 4 is 40.0 Å². The fraction of sp³-hybridized carbons (Fsp3) is 0.640. The van der Waals surface area contributed by atoms with E-state index in [1.807, 2.05) is 11.0 Å². The number of nitriles is 2. The van der Waals surface area contributed by atoms with Gasteiger partial charge in [-0.2, -0.15) is 25.5 Å². The molecule has 4 aliphatic heterocycles. The maximum Gasteiger partial charge on any atom is 0.323 e. The fourth-order valence-electron chi connectivity index (χ4n) is 6.38. The van der Waals surface area contributed by atoms with Crippen LogP contribution in [0.15, 0.2) is 0 Å². The second-order valence-corrected chi connectivity index (χ2v) is 13.3. The van der Waals surface area contributed by atoms with Crippen molar-refractivity contribution in [3.8, 4) is 18.1 Å². The molecule has 0 aromatic carbocycles. The average Bonchev–Trinajstić information content (AvgIpc) is 3.62. The first-order chi connectivity index (χ1) is 19.2. The quantitative estimate of drug-likeness (QED) is 0.485. The first-order valence-corrected chi connectivity index (χ1v) is 14.9. The largest absolute Gasteiger partial charge is 0.461 e. The van der Waals surface area contributed by atoms with Crippen LogP contribution in [0.2, 0.25) is 0 Å². The van der Waals surface area contributed by atoms with Gasteiger partial charge >= 0.3 is 6.01 Å². The lowest BCUT2D eigenvalue weighted by atomic mass is 9.88. The van der Waals surface area contributed by atoms with Crippen molar-refractivity contribution in [1.82, 2.24) is 19.9 Å². The van der Waals surface area contributed by atoms with Crippen LogP contribution >= 0.6 is 23.1 Å². The summed E-state index contributed by atoms with van der Waals surface area (Å²) in [6, 6.07) is 3.25. The molecule has 4 aliphatic rings. The molecule has 40 heavy (non-hydrogen) atoms. The Hall–Kier alpha value is -3.01. The van der Waals surface area contributed by atoms with E-state index in [0.717, 1.165) is 40.5 Å². The number of thiophene rings is 1. The van der Waals surface area contributed by atoms with E-state index in [1.54, 1.807) is 11.8 Å². The number of nitrogens with zero attached hydrogens (tertiary/aromatic N) is 8. The number of aromatic nitrogens is 3. The second-order valence-electron chi connectivity index (χ2n) is 10.8. The van der Waals surface area contributed by atoms with Gasteiger partial charge in [-0.1, -0.05) is 0 Å². The summed E-state index contributed by atoms with van der Waals surface area (Å²) < 4.78 is 47.0. The van der Waals surface area contributed by atoms with Gasteiger partial charge in [-0.3, -0.25) is 4.90 Å².